The van der Waals surface area contributed by atoms with Crippen LogP contribution in [0.25, 0.3) is 0 Å². The van der Waals surface area contributed by atoms with Crippen LogP contribution in [0.2, 0.25) is 0 Å². The van der Waals surface area contributed by atoms with Crippen LogP contribution >= 0.6 is 15.9 Å². The van der Waals surface area contributed by atoms with Crippen LogP contribution < -0.4 is 10.1 Å². The highest BCUT2D eigenvalue weighted by Crippen LogP contribution is 2.27. The minimum absolute atomic E-state index is 0.113. The predicted molar refractivity (Wildman–Crippen MR) is 86.0 cm³/mol. The summed E-state index contributed by atoms with van der Waals surface area (Å²) in [4.78, 5) is 10.2. The van der Waals surface area contributed by atoms with E-state index in [1.807, 2.05) is 18.2 Å². The predicted octanol–water partition coefficient (Wildman–Crippen LogP) is 4.02. The van der Waals surface area contributed by atoms with E-state index in [0.717, 1.165) is 34.4 Å². The first-order chi connectivity index (χ1) is 10.1. The molecule has 2 rings (SSSR count). The summed E-state index contributed by atoms with van der Waals surface area (Å²) in [5.74, 6) is 0.788. The molecule has 0 amide bonds. The van der Waals surface area contributed by atoms with Crippen molar-refractivity contribution in [2.24, 2.45) is 0 Å². The van der Waals surface area contributed by atoms with Gasteiger partial charge in [-0.15, -0.1) is 0 Å². The van der Waals surface area contributed by atoms with Gasteiger partial charge in [0.05, 0.1) is 17.7 Å². The molecule has 1 N–H and O–H groups in total. The second-order valence-corrected chi connectivity index (χ2v) is 5.30. The van der Waals surface area contributed by atoms with Crippen LogP contribution in [-0.2, 0) is 6.42 Å². The normalized spacial score (nSPS) is 10.2. The van der Waals surface area contributed by atoms with Crippen molar-refractivity contribution in [2.75, 3.05) is 19.0 Å². The minimum Gasteiger partial charge on any atom is -0.497 e. The monoisotopic (exact) mass is 350 g/mol. The molecule has 2 aromatic rings. The Hall–Kier alpha value is -2.08. The number of anilines is 1. The van der Waals surface area contributed by atoms with Gasteiger partial charge in [-0.3, -0.25) is 10.1 Å². The summed E-state index contributed by atoms with van der Waals surface area (Å²) in [7, 11) is 1.63. The molecule has 0 unspecified atom stereocenters. The van der Waals surface area contributed by atoms with Crippen molar-refractivity contribution >= 4 is 27.3 Å². The SMILES string of the molecule is COc1ccc(Br)c(NCCc2ccc([N+](=O)[O-])cc2)c1. The fourth-order valence-corrected chi connectivity index (χ4v) is 2.28. The number of hydrogen-bond donors (Lipinski definition) is 1. The number of benzene rings is 2. The Morgan fingerprint density at radius 1 is 1.24 bits per heavy atom. The number of nitro benzene ring substituents is 1. The van der Waals surface area contributed by atoms with Gasteiger partial charge >= 0.3 is 0 Å². The molecular weight excluding hydrogens is 336 g/mol. The van der Waals surface area contributed by atoms with Crippen LogP contribution in [0.4, 0.5) is 11.4 Å². The number of hydrogen-bond acceptors (Lipinski definition) is 4. The average molecular weight is 351 g/mol. The van der Waals surface area contributed by atoms with Gasteiger partial charge in [0.2, 0.25) is 0 Å². The van der Waals surface area contributed by atoms with Gasteiger partial charge in [-0.25, -0.2) is 0 Å². The van der Waals surface area contributed by atoms with E-state index in [1.54, 1.807) is 19.2 Å². The van der Waals surface area contributed by atoms with Gasteiger partial charge in [0.25, 0.3) is 5.69 Å². The maximum atomic E-state index is 10.6. The van der Waals surface area contributed by atoms with E-state index >= 15 is 0 Å². The zero-order valence-electron chi connectivity index (χ0n) is 11.5. The average Bonchev–Trinajstić information content (AvgIpc) is 2.49. The fourth-order valence-electron chi connectivity index (χ4n) is 1.89. The van der Waals surface area contributed by atoms with Crippen LogP contribution in [0.3, 0.4) is 0 Å². The first-order valence-corrected chi connectivity index (χ1v) is 7.20. The zero-order valence-corrected chi connectivity index (χ0v) is 13.1. The molecular formula is C15H15BrN2O3. The Balaban J connectivity index is 1.93. The third-order valence-electron chi connectivity index (χ3n) is 3.05. The van der Waals surface area contributed by atoms with E-state index in [2.05, 4.69) is 21.2 Å². The Bertz CT molecular complexity index is 629. The molecule has 0 aliphatic heterocycles. The highest BCUT2D eigenvalue weighted by molar-refractivity contribution is 9.10. The molecule has 2 aromatic carbocycles. The van der Waals surface area contributed by atoms with Crippen molar-refractivity contribution in [2.45, 2.75) is 6.42 Å². The second kappa shape index (κ2) is 7.08. The van der Waals surface area contributed by atoms with E-state index in [9.17, 15) is 10.1 Å². The molecule has 0 spiro atoms. The maximum Gasteiger partial charge on any atom is 0.269 e. The van der Waals surface area contributed by atoms with E-state index in [-0.39, 0.29) is 5.69 Å². The molecule has 5 nitrogen and oxygen atoms in total. The molecule has 0 aromatic heterocycles. The molecule has 0 radical (unpaired) electrons. The number of nitrogens with zero attached hydrogens (tertiary/aromatic N) is 1. The summed E-state index contributed by atoms with van der Waals surface area (Å²) in [6.45, 7) is 0.726. The largest absolute Gasteiger partial charge is 0.497 e. The molecule has 0 bridgehead atoms. The summed E-state index contributed by atoms with van der Waals surface area (Å²) in [5, 5.41) is 13.9. The van der Waals surface area contributed by atoms with Crippen molar-refractivity contribution in [3.05, 3.63) is 62.6 Å². The number of non-ortho nitro benzene ring substituents is 1. The molecule has 0 heterocycles. The van der Waals surface area contributed by atoms with Gasteiger partial charge in [-0.1, -0.05) is 12.1 Å². The van der Waals surface area contributed by atoms with E-state index in [0.29, 0.717) is 0 Å². The standard InChI is InChI=1S/C15H15BrN2O3/c1-21-13-6-7-14(16)15(10-13)17-9-8-11-2-4-12(5-3-11)18(19)20/h2-7,10,17H,8-9H2,1H3. The smallest absolute Gasteiger partial charge is 0.269 e. The molecule has 0 saturated carbocycles. The van der Waals surface area contributed by atoms with Gasteiger partial charge in [-0.2, -0.15) is 0 Å². The van der Waals surface area contributed by atoms with E-state index in [1.165, 1.54) is 12.1 Å². The number of methoxy groups -OCH3 is 1. The summed E-state index contributed by atoms with van der Waals surface area (Å²) in [6.07, 6.45) is 0.779. The third kappa shape index (κ3) is 4.19. The third-order valence-corrected chi connectivity index (χ3v) is 3.74. The van der Waals surface area contributed by atoms with E-state index < -0.39 is 4.92 Å². The summed E-state index contributed by atoms with van der Waals surface area (Å²) in [6, 6.07) is 12.3. The van der Waals surface area contributed by atoms with Crippen molar-refractivity contribution in [1.82, 2.24) is 0 Å². The lowest BCUT2D eigenvalue weighted by molar-refractivity contribution is -0.384. The first kappa shape index (κ1) is 15.3. The number of ether oxygens (including phenoxy) is 1. The topological polar surface area (TPSA) is 64.4 Å². The summed E-state index contributed by atoms with van der Waals surface area (Å²) < 4.78 is 6.15. The molecule has 0 aliphatic rings. The maximum absolute atomic E-state index is 10.6. The van der Waals surface area contributed by atoms with Crippen LogP contribution in [0, 0.1) is 10.1 Å². The van der Waals surface area contributed by atoms with Crippen molar-refractivity contribution < 1.29 is 9.66 Å². The number of rotatable bonds is 6. The van der Waals surface area contributed by atoms with Gasteiger partial charge in [0.15, 0.2) is 0 Å². The quantitative estimate of drug-likeness (QED) is 0.631. The highest BCUT2D eigenvalue weighted by Gasteiger charge is 2.05. The zero-order chi connectivity index (χ0) is 15.2. The molecule has 0 atom stereocenters. The van der Waals surface area contributed by atoms with Crippen molar-refractivity contribution in [1.29, 1.82) is 0 Å². The Kier molecular flexibility index (Phi) is 5.16. The van der Waals surface area contributed by atoms with Gasteiger partial charge in [-0.05, 0) is 40.0 Å². The van der Waals surface area contributed by atoms with E-state index in [4.69, 9.17) is 4.74 Å². The Morgan fingerprint density at radius 3 is 2.57 bits per heavy atom. The molecule has 0 saturated heterocycles. The lowest BCUT2D eigenvalue weighted by atomic mass is 10.1. The minimum atomic E-state index is -0.393. The van der Waals surface area contributed by atoms with Crippen LogP contribution in [-0.4, -0.2) is 18.6 Å². The number of nitrogens with one attached hydrogen (secondary N) is 1. The molecule has 110 valence electrons. The van der Waals surface area contributed by atoms with Gasteiger partial charge in [0.1, 0.15) is 5.75 Å². The van der Waals surface area contributed by atoms with Crippen LogP contribution in [0.15, 0.2) is 46.9 Å². The molecule has 0 aliphatic carbocycles. The van der Waals surface area contributed by atoms with Gasteiger partial charge in [0, 0.05) is 29.2 Å². The summed E-state index contributed by atoms with van der Waals surface area (Å²) >= 11 is 3.48. The Labute approximate surface area is 131 Å². The highest BCUT2D eigenvalue weighted by atomic mass is 79.9. The lowest BCUT2D eigenvalue weighted by Crippen LogP contribution is -2.05. The van der Waals surface area contributed by atoms with Crippen molar-refractivity contribution in [3.8, 4) is 5.75 Å². The molecule has 21 heavy (non-hydrogen) atoms. The molecule has 6 heteroatoms. The number of halogens is 1. The fraction of sp³-hybridized carbons (Fsp3) is 0.200. The van der Waals surface area contributed by atoms with Crippen LogP contribution in [0.1, 0.15) is 5.56 Å². The van der Waals surface area contributed by atoms with Crippen molar-refractivity contribution in [3.63, 3.8) is 0 Å². The molecule has 0 fully saturated rings. The number of nitro groups is 1. The Morgan fingerprint density at radius 2 is 1.95 bits per heavy atom. The van der Waals surface area contributed by atoms with Gasteiger partial charge < -0.3 is 10.1 Å². The lowest BCUT2D eigenvalue weighted by Gasteiger charge is -2.10. The second-order valence-electron chi connectivity index (χ2n) is 4.45. The first-order valence-electron chi connectivity index (χ1n) is 6.41. The summed E-state index contributed by atoms with van der Waals surface area (Å²) in [5.41, 5.74) is 2.12. The van der Waals surface area contributed by atoms with Crippen LogP contribution in [0.5, 0.6) is 5.75 Å².